The van der Waals surface area contributed by atoms with Gasteiger partial charge in [-0.25, -0.2) is 4.98 Å². The summed E-state index contributed by atoms with van der Waals surface area (Å²) >= 11 is 0. The van der Waals surface area contributed by atoms with Gasteiger partial charge in [-0.15, -0.1) is 0 Å². The number of piperazine rings is 1. The first-order valence-corrected chi connectivity index (χ1v) is 9.10. The number of hydrogen-bond acceptors (Lipinski definition) is 5. The van der Waals surface area contributed by atoms with Gasteiger partial charge in [0.05, 0.1) is 0 Å². The number of rotatable bonds is 3. The number of amides is 1. The summed E-state index contributed by atoms with van der Waals surface area (Å²) in [7, 11) is 0. The third kappa shape index (κ3) is 2.71. The number of benzene rings is 1. The van der Waals surface area contributed by atoms with Crippen molar-refractivity contribution in [3.8, 4) is 0 Å². The van der Waals surface area contributed by atoms with E-state index in [4.69, 9.17) is 4.42 Å². The molecule has 1 aliphatic heterocycles. The van der Waals surface area contributed by atoms with Gasteiger partial charge in [-0.05, 0) is 30.0 Å². The van der Waals surface area contributed by atoms with Crippen molar-refractivity contribution in [2.24, 2.45) is 5.92 Å². The summed E-state index contributed by atoms with van der Waals surface area (Å²) in [5.74, 6) is 0.833. The summed E-state index contributed by atoms with van der Waals surface area (Å²) in [6.07, 6.45) is 2.67. The molecule has 6 heteroatoms. The van der Waals surface area contributed by atoms with Crippen molar-refractivity contribution in [2.45, 2.75) is 12.3 Å². The molecule has 2 aliphatic rings. The highest BCUT2D eigenvalue weighted by Gasteiger charge is 2.46. The molecule has 3 aromatic rings. The number of anilines is 1. The number of pyridine rings is 1. The maximum absolute atomic E-state index is 12.8. The van der Waals surface area contributed by atoms with Crippen LogP contribution in [-0.4, -0.2) is 47.0 Å². The second kappa shape index (κ2) is 6.12. The lowest BCUT2D eigenvalue weighted by molar-refractivity contribution is -0.133. The number of aromatic nitrogens is 2. The van der Waals surface area contributed by atoms with Gasteiger partial charge in [0.15, 0.2) is 0 Å². The summed E-state index contributed by atoms with van der Waals surface area (Å²) in [5, 5.41) is 0. The van der Waals surface area contributed by atoms with E-state index in [0.29, 0.717) is 30.7 Å². The smallest absolute Gasteiger partial charge is 0.299 e. The molecule has 5 rings (SSSR count). The molecule has 0 bridgehead atoms. The van der Waals surface area contributed by atoms with Crippen LogP contribution in [0.15, 0.2) is 53.1 Å². The third-order valence-corrected chi connectivity index (χ3v) is 5.35. The molecule has 1 saturated carbocycles. The second-order valence-corrected chi connectivity index (χ2v) is 7.00. The summed E-state index contributed by atoms with van der Waals surface area (Å²) in [4.78, 5) is 25.6. The van der Waals surface area contributed by atoms with Crippen molar-refractivity contribution in [3.63, 3.8) is 0 Å². The minimum absolute atomic E-state index is 0.150. The van der Waals surface area contributed by atoms with Gasteiger partial charge in [-0.1, -0.05) is 30.3 Å². The van der Waals surface area contributed by atoms with Gasteiger partial charge in [0.2, 0.25) is 11.6 Å². The standard InChI is InChI=1S/C20H20N4O2/c25-19(16-13-15(16)14-5-2-1-3-6-14)23-9-11-24(12-10-23)20-22-17-7-4-8-21-18(17)26-20/h1-8,15-16H,9-13H2/t15-,16+/m1/s1. The van der Waals surface area contributed by atoms with Gasteiger partial charge in [0.1, 0.15) is 5.52 Å². The Morgan fingerprint density at radius 2 is 1.85 bits per heavy atom. The predicted molar refractivity (Wildman–Crippen MR) is 97.9 cm³/mol. The van der Waals surface area contributed by atoms with Crippen LogP contribution in [0.25, 0.3) is 11.2 Å². The highest BCUT2D eigenvalue weighted by Crippen LogP contribution is 2.48. The van der Waals surface area contributed by atoms with Crippen LogP contribution in [0.2, 0.25) is 0 Å². The van der Waals surface area contributed by atoms with Crippen molar-refractivity contribution < 1.29 is 9.21 Å². The SMILES string of the molecule is O=C([C@H]1C[C@@H]1c1ccccc1)N1CCN(c2nc3cccnc3o2)CC1. The van der Waals surface area contributed by atoms with Crippen LogP contribution in [0.1, 0.15) is 17.9 Å². The normalized spacial score (nSPS) is 22.6. The number of fused-ring (bicyclic) bond motifs is 1. The number of oxazole rings is 1. The summed E-state index contributed by atoms with van der Waals surface area (Å²) in [6, 6.07) is 14.7. The molecule has 3 heterocycles. The first-order chi connectivity index (χ1) is 12.8. The summed E-state index contributed by atoms with van der Waals surface area (Å²) in [6.45, 7) is 2.90. The van der Waals surface area contributed by atoms with Crippen LogP contribution in [0.4, 0.5) is 6.01 Å². The van der Waals surface area contributed by atoms with E-state index in [0.717, 1.165) is 25.0 Å². The van der Waals surface area contributed by atoms with E-state index in [1.165, 1.54) is 5.56 Å². The van der Waals surface area contributed by atoms with Gasteiger partial charge in [-0.3, -0.25) is 4.79 Å². The summed E-state index contributed by atoms with van der Waals surface area (Å²) < 4.78 is 5.74. The molecule has 6 nitrogen and oxygen atoms in total. The quantitative estimate of drug-likeness (QED) is 0.728. The lowest BCUT2D eigenvalue weighted by atomic mass is 10.1. The van der Waals surface area contributed by atoms with Gasteiger partial charge >= 0.3 is 0 Å². The van der Waals surface area contributed by atoms with E-state index in [-0.39, 0.29) is 11.8 Å². The molecule has 1 amide bonds. The van der Waals surface area contributed by atoms with Crippen molar-refractivity contribution in [1.82, 2.24) is 14.9 Å². The Labute approximate surface area is 151 Å². The van der Waals surface area contributed by atoms with Crippen LogP contribution in [0.5, 0.6) is 0 Å². The van der Waals surface area contributed by atoms with Crippen LogP contribution >= 0.6 is 0 Å². The van der Waals surface area contributed by atoms with Crippen LogP contribution in [0.3, 0.4) is 0 Å². The molecular formula is C20H20N4O2. The minimum Gasteiger partial charge on any atom is -0.404 e. The van der Waals surface area contributed by atoms with Crippen LogP contribution < -0.4 is 4.90 Å². The second-order valence-electron chi connectivity index (χ2n) is 7.00. The number of nitrogens with zero attached hydrogens (tertiary/aromatic N) is 4. The fraction of sp³-hybridized carbons (Fsp3) is 0.350. The average Bonchev–Trinajstić information content (AvgIpc) is 3.39. The number of carbonyl (C=O) groups excluding carboxylic acids is 1. The van der Waals surface area contributed by atoms with E-state index >= 15 is 0 Å². The largest absolute Gasteiger partial charge is 0.404 e. The van der Waals surface area contributed by atoms with E-state index in [1.807, 2.05) is 35.2 Å². The topological polar surface area (TPSA) is 62.5 Å². The van der Waals surface area contributed by atoms with Crippen molar-refractivity contribution in [1.29, 1.82) is 0 Å². The first kappa shape index (κ1) is 15.4. The molecule has 1 saturated heterocycles. The van der Waals surface area contributed by atoms with Crippen LogP contribution in [0, 0.1) is 5.92 Å². The monoisotopic (exact) mass is 348 g/mol. The highest BCUT2D eigenvalue weighted by atomic mass is 16.4. The molecule has 1 aromatic carbocycles. The third-order valence-electron chi connectivity index (χ3n) is 5.35. The Morgan fingerprint density at radius 3 is 2.62 bits per heavy atom. The van der Waals surface area contributed by atoms with Crippen molar-refractivity contribution in [3.05, 3.63) is 54.2 Å². The molecular weight excluding hydrogens is 328 g/mol. The molecule has 0 radical (unpaired) electrons. The van der Waals surface area contributed by atoms with E-state index < -0.39 is 0 Å². The lowest BCUT2D eigenvalue weighted by Crippen LogP contribution is -2.49. The van der Waals surface area contributed by atoms with E-state index in [9.17, 15) is 4.79 Å². The maximum Gasteiger partial charge on any atom is 0.299 e. The molecule has 0 spiro atoms. The Bertz CT molecular complexity index is 898. The Morgan fingerprint density at radius 1 is 1.04 bits per heavy atom. The van der Waals surface area contributed by atoms with Crippen molar-refractivity contribution >= 4 is 23.2 Å². The lowest BCUT2D eigenvalue weighted by Gasteiger charge is -2.34. The summed E-state index contributed by atoms with van der Waals surface area (Å²) in [5.41, 5.74) is 2.61. The zero-order chi connectivity index (χ0) is 17.5. The maximum atomic E-state index is 12.8. The Balaban J connectivity index is 1.21. The van der Waals surface area contributed by atoms with Crippen molar-refractivity contribution in [2.75, 3.05) is 31.1 Å². The van der Waals surface area contributed by atoms with Crippen LogP contribution in [-0.2, 0) is 4.79 Å². The fourth-order valence-electron chi connectivity index (χ4n) is 3.78. The molecule has 2 aromatic heterocycles. The van der Waals surface area contributed by atoms with Gasteiger partial charge in [-0.2, -0.15) is 4.98 Å². The zero-order valence-electron chi connectivity index (χ0n) is 14.4. The number of carbonyl (C=O) groups is 1. The average molecular weight is 348 g/mol. The van der Waals surface area contributed by atoms with Gasteiger partial charge < -0.3 is 14.2 Å². The van der Waals surface area contributed by atoms with E-state index in [2.05, 4.69) is 27.0 Å². The molecule has 0 unspecified atom stereocenters. The number of hydrogen-bond donors (Lipinski definition) is 0. The first-order valence-electron chi connectivity index (χ1n) is 9.10. The fourth-order valence-corrected chi connectivity index (χ4v) is 3.78. The van der Waals surface area contributed by atoms with Gasteiger partial charge in [0.25, 0.3) is 6.01 Å². The van der Waals surface area contributed by atoms with E-state index in [1.54, 1.807) is 6.20 Å². The Kier molecular flexibility index (Phi) is 3.62. The molecule has 1 aliphatic carbocycles. The molecule has 2 fully saturated rings. The zero-order valence-corrected chi connectivity index (χ0v) is 14.4. The molecule has 2 atom stereocenters. The van der Waals surface area contributed by atoms with Gasteiger partial charge in [0, 0.05) is 38.3 Å². The molecule has 26 heavy (non-hydrogen) atoms. The molecule has 132 valence electrons. The Hall–Kier alpha value is -2.89. The predicted octanol–water partition coefficient (Wildman–Crippen LogP) is 2.68. The highest BCUT2D eigenvalue weighted by molar-refractivity contribution is 5.83. The minimum atomic E-state index is 0.150. The molecule has 0 N–H and O–H groups in total.